The molecule has 53 heavy (non-hydrogen) atoms. The van der Waals surface area contributed by atoms with Gasteiger partial charge in [0.25, 0.3) is 0 Å². The minimum Gasteiger partial charge on any atom is -0.462 e. The predicted octanol–water partition coefficient (Wildman–Crippen LogP) is 12.5. The average molecular weight is 749 g/mol. The Morgan fingerprint density at radius 1 is 0.434 bits per heavy atom. The fourth-order valence-electron chi connectivity index (χ4n) is 6.25. The fourth-order valence-corrected chi connectivity index (χ4v) is 6.25. The standard InChI is InChI=1S/C46H86NO6/c1-6-8-10-12-14-16-18-20-22-24-26-28-30-32-34-37-44(48)51-41-43(53-46(50)39-36-40-47(3,4)5)42-52-45(49)38-35-33-31-29-27-25-23-21-19-17-15-13-11-9-7-2/h20-23,43H,6-19,24-42H2,1-5H3/q+1/b22-20-,23-21-. The molecule has 0 atom stereocenters. The molecule has 0 aliphatic heterocycles. The summed E-state index contributed by atoms with van der Waals surface area (Å²) in [5.74, 6) is -0.952. The van der Waals surface area contributed by atoms with Gasteiger partial charge in [-0.05, 0) is 64.2 Å². The van der Waals surface area contributed by atoms with E-state index in [4.69, 9.17) is 14.2 Å². The van der Waals surface area contributed by atoms with Crippen LogP contribution in [-0.2, 0) is 28.6 Å². The second kappa shape index (κ2) is 38.1. The Labute approximate surface area is 328 Å². The largest absolute Gasteiger partial charge is 0.462 e. The van der Waals surface area contributed by atoms with Gasteiger partial charge in [-0.1, -0.05) is 141 Å². The quantitative estimate of drug-likeness (QED) is 0.0205. The lowest BCUT2D eigenvalue weighted by Gasteiger charge is -2.23. The summed E-state index contributed by atoms with van der Waals surface area (Å²) in [6.07, 6.45) is 41.5. The third-order valence-corrected chi connectivity index (χ3v) is 9.65. The minimum absolute atomic E-state index is 0.0916. The van der Waals surface area contributed by atoms with Gasteiger partial charge in [0.1, 0.15) is 13.2 Å². The lowest BCUT2D eigenvalue weighted by molar-refractivity contribution is -0.870. The van der Waals surface area contributed by atoms with E-state index in [2.05, 4.69) is 59.3 Å². The summed E-state index contributed by atoms with van der Waals surface area (Å²) in [7, 11) is 6.25. The van der Waals surface area contributed by atoms with Gasteiger partial charge in [0.15, 0.2) is 6.10 Å². The summed E-state index contributed by atoms with van der Waals surface area (Å²) < 4.78 is 17.3. The highest BCUT2D eigenvalue weighted by molar-refractivity contribution is 5.71. The highest BCUT2D eigenvalue weighted by atomic mass is 16.6. The van der Waals surface area contributed by atoms with E-state index in [1.807, 2.05) is 0 Å². The summed E-state index contributed by atoms with van der Waals surface area (Å²) in [6, 6.07) is 0. The van der Waals surface area contributed by atoms with E-state index in [1.54, 1.807) is 0 Å². The normalized spacial score (nSPS) is 12.0. The van der Waals surface area contributed by atoms with E-state index in [9.17, 15) is 14.4 Å². The number of hydrogen-bond acceptors (Lipinski definition) is 6. The number of esters is 3. The molecule has 7 nitrogen and oxygen atoms in total. The molecule has 0 saturated heterocycles. The van der Waals surface area contributed by atoms with Crippen molar-refractivity contribution < 1.29 is 33.1 Å². The minimum atomic E-state index is -0.789. The van der Waals surface area contributed by atoms with Gasteiger partial charge in [0.2, 0.25) is 0 Å². The van der Waals surface area contributed by atoms with Gasteiger partial charge < -0.3 is 18.7 Å². The maximum absolute atomic E-state index is 12.6. The van der Waals surface area contributed by atoms with Crippen molar-refractivity contribution in [3.63, 3.8) is 0 Å². The number of carbonyl (C=O) groups is 3. The summed E-state index contributed by atoms with van der Waals surface area (Å²) in [6.45, 7) is 5.18. The second-order valence-corrected chi connectivity index (χ2v) is 16.3. The maximum atomic E-state index is 12.6. The molecular weight excluding hydrogens is 663 g/mol. The van der Waals surface area contributed by atoms with E-state index in [1.165, 1.54) is 116 Å². The molecule has 0 amide bonds. The van der Waals surface area contributed by atoms with Crippen LogP contribution in [0.2, 0.25) is 0 Å². The van der Waals surface area contributed by atoms with Crippen molar-refractivity contribution in [2.75, 3.05) is 40.9 Å². The molecule has 0 aromatic rings. The molecular formula is C46H86NO6+. The molecule has 0 rings (SSSR count). The molecule has 0 unspecified atom stereocenters. The summed E-state index contributed by atoms with van der Waals surface area (Å²) in [4.78, 5) is 37.5. The van der Waals surface area contributed by atoms with Gasteiger partial charge in [-0.3, -0.25) is 14.4 Å². The van der Waals surface area contributed by atoms with Gasteiger partial charge >= 0.3 is 17.9 Å². The Bertz CT molecular complexity index is 852. The number of allylic oxidation sites excluding steroid dienone is 4. The molecule has 0 N–H and O–H groups in total. The molecule has 0 spiro atoms. The van der Waals surface area contributed by atoms with E-state index in [0.29, 0.717) is 19.3 Å². The monoisotopic (exact) mass is 749 g/mol. The van der Waals surface area contributed by atoms with E-state index in [-0.39, 0.29) is 37.5 Å². The molecule has 0 aliphatic carbocycles. The Kier molecular flexibility index (Phi) is 36.6. The number of nitrogens with zero attached hydrogens (tertiary/aromatic N) is 1. The Balaban J connectivity index is 4.22. The number of ether oxygens (including phenoxy) is 3. The summed E-state index contributed by atoms with van der Waals surface area (Å²) in [5.41, 5.74) is 0. The van der Waals surface area contributed by atoms with Gasteiger partial charge in [-0.2, -0.15) is 0 Å². The first-order valence-corrected chi connectivity index (χ1v) is 22.3. The van der Waals surface area contributed by atoms with Crippen LogP contribution >= 0.6 is 0 Å². The van der Waals surface area contributed by atoms with Crippen molar-refractivity contribution in [2.24, 2.45) is 0 Å². The highest BCUT2D eigenvalue weighted by Gasteiger charge is 2.20. The van der Waals surface area contributed by atoms with Crippen molar-refractivity contribution in [3.05, 3.63) is 24.3 Å². The smallest absolute Gasteiger partial charge is 0.306 e. The van der Waals surface area contributed by atoms with Crippen LogP contribution in [0.3, 0.4) is 0 Å². The predicted molar refractivity (Wildman–Crippen MR) is 223 cm³/mol. The van der Waals surface area contributed by atoms with Gasteiger partial charge in [-0.15, -0.1) is 0 Å². The lowest BCUT2D eigenvalue weighted by atomic mass is 10.1. The second-order valence-electron chi connectivity index (χ2n) is 16.3. The fraction of sp³-hybridized carbons (Fsp3) is 0.848. The summed E-state index contributed by atoms with van der Waals surface area (Å²) in [5, 5.41) is 0. The molecule has 7 heteroatoms. The number of hydrogen-bond donors (Lipinski definition) is 0. The van der Waals surface area contributed by atoms with Crippen LogP contribution in [0.1, 0.15) is 206 Å². The lowest BCUT2D eigenvalue weighted by Crippen LogP contribution is -2.36. The molecule has 0 heterocycles. The summed E-state index contributed by atoms with van der Waals surface area (Å²) >= 11 is 0. The van der Waals surface area contributed by atoms with E-state index < -0.39 is 6.10 Å². The molecule has 0 aromatic heterocycles. The number of carbonyl (C=O) groups excluding carboxylic acids is 3. The zero-order valence-electron chi connectivity index (χ0n) is 35.6. The third-order valence-electron chi connectivity index (χ3n) is 9.65. The van der Waals surface area contributed by atoms with E-state index in [0.717, 1.165) is 62.4 Å². The molecule has 0 aromatic carbocycles. The van der Waals surface area contributed by atoms with Crippen molar-refractivity contribution in [1.29, 1.82) is 0 Å². The third kappa shape index (κ3) is 40.9. The first-order valence-electron chi connectivity index (χ1n) is 22.3. The average Bonchev–Trinajstić information content (AvgIpc) is 3.12. The zero-order chi connectivity index (χ0) is 39.1. The van der Waals surface area contributed by atoms with Crippen LogP contribution in [0.15, 0.2) is 24.3 Å². The van der Waals surface area contributed by atoms with E-state index >= 15 is 0 Å². The number of unbranched alkanes of at least 4 members (excludes halogenated alkanes) is 22. The highest BCUT2D eigenvalue weighted by Crippen LogP contribution is 2.13. The van der Waals surface area contributed by atoms with Crippen LogP contribution in [-0.4, -0.2) is 69.4 Å². The van der Waals surface area contributed by atoms with Gasteiger partial charge in [0.05, 0.1) is 34.1 Å². The van der Waals surface area contributed by atoms with Crippen LogP contribution in [0.25, 0.3) is 0 Å². The number of quaternary nitrogens is 1. The van der Waals surface area contributed by atoms with Crippen molar-refractivity contribution in [3.8, 4) is 0 Å². The Morgan fingerprint density at radius 3 is 1.11 bits per heavy atom. The van der Waals surface area contributed by atoms with Gasteiger partial charge in [-0.25, -0.2) is 0 Å². The maximum Gasteiger partial charge on any atom is 0.306 e. The SMILES string of the molecule is CCCCCCCC/C=C\CCCCCCCC(=O)OCC(COC(=O)CCCCCCC/C=C\CCCCCCCC)OC(=O)CCC[N+](C)(C)C. The van der Waals surface area contributed by atoms with Gasteiger partial charge in [0, 0.05) is 19.3 Å². The molecule has 310 valence electrons. The van der Waals surface area contributed by atoms with Crippen molar-refractivity contribution >= 4 is 17.9 Å². The molecule has 0 fully saturated rings. The first-order chi connectivity index (χ1) is 25.7. The Hall–Kier alpha value is -2.15. The van der Waals surface area contributed by atoms with Crippen LogP contribution in [0.5, 0.6) is 0 Å². The van der Waals surface area contributed by atoms with Crippen LogP contribution in [0, 0.1) is 0 Å². The molecule has 0 saturated carbocycles. The first kappa shape index (κ1) is 50.9. The molecule has 0 aliphatic rings. The topological polar surface area (TPSA) is 78.9 Å². The molecule has 0 bridgehead atoms. The van der Waals surface area contributed by atoms with Crippen molar-refractivity contribution in [2.45, 2.75) is 213 Å². The van der Waals surface area contributed by atoms with Crippen molar-refractivity contribution in [1.82, 2.24) is 0 Å². The zero-order valence-corrected chi connectivity index (χ0v) is 35.6. The molecule has 0 radical (unpaired) electrons. The Morgan fingerprint density at radius 2 is 0.755 bits per heavy atom. The van der Waals surface area contributed by atoms with Crippen LogP contribution in [0.4, 0.5) is 0 Å². The number of rotatable bonds is 39. The van der Waals surface area contributed by atoms with Crippen LogP contribution < -0.4 is 0 Å².